The lowest BCUT2D eigenvalue weighted by molar-refractivity contribution is -0.126. The third kappa shape index (κ3) is 5.89. The number of hydrogen-bond acceptors (Lipinski definition) is 4. The fraction of sp³-hybridized carbons (Fsp3) is 0.929. The summed E-state index contributed by atoms with van der Waals surface area (Å²) < 4.78 is 4.94. The molecule has 1 aliphatic heterocycles. The lowest BCUT2D eigenvalue weighted by Gasteiger charge is -2.33. The number of piperidine rings is 1. The Balaban J connectivity index is 2.36. The molecule has 2 unspecified atom stereocenters. The molecule has 1 fully saturated rings. The van der Waals surface area contributed by atoms with Crippen molar-refractivity contribution in [3.8, 4) is 0 Å². The van der Waals surface area contributed by atoms with Gasteiger partial charge in [-0.15, -0.1) is 0 Å². The van der Waals surface area contributed by atoms with Gasteiger partial charge in [0.25, 0.3) is 0 Å². The Bertz CT molecular complexity index is 255. The topological polar surface area (TPSA) is 53.6 Å². The zero-order valence-corrected chi connectivity index (χ0v) is 12.6. The van der Waals surface area contributed by atoms with Crippen LogP contribution in [0.3, 0.4) is 0 Å². The average molecular weight is 271 g/mol. The minimum Gasteiger partial charge on any atom is -0.383 e. The number of rotatable bonds is 8. The highest BCUT2D eigenvalue weighted by molar-refractivity contribution is 5.81. The summed E-state index contributed by atoms with van der Waals surface area (Å²) in [5.41, 5.74) is 0. The SMILES string of the molecule is CCN(CC1CCCCN1)C(C)C(=O)NCCOC. The second-order valence-electron chi connectivity index (χ2n) is 5.19. The minimum absolute atomic E-state index is 0.0782. The van der Waals surface area contributed by atoms with Crippen LogP contribution in [-0.2, 0) is 9.53 Å². The molecule has 1 saturated heterocycles. The maximum atomic E-state index is 12.0. The van der Waals surface area contributed by atoms with E-state index in [1.54, 1.807) is 7.11 Å². The number of nitrogens with one attached hydrogen (secondary N) is 2. The average Bonchev–Trinajstić information content (AvgIpc) is 2.45. The third-order valence-electron chi connectivity index (χ3n) is 3.81. The predicted octanol–water partition coefficient (Wildman–Crippen LogP) is 0.602. The Morgan fingerprint density at radius 3 is 2.89 bits per heavy atom. The first-order chi connectivity index (χ1) is 9.19. The molecule has 1 rings (SSSR count). The van der Waals surface area contributed by atoms with Crippen LogP contribution in [0.15, 0.2) is 0 Å². The molecule has 1 amide bonds. The third-order valence-corrected chi connectivity index (χ3v) is 3.81. The van der Waals surface area contributed by atoms with E-state index in [0.717, 1.165) is 19.6 Å². The zero-order chi connectivity index (χ0) is 14.1. The predicted molar refractivity (Wildman–Crippen MR) is 77.2 cm³/mol. The highest BCUT2D eigenvalue weighted by atomic mass is 16.5. The maximum Gasteiger partial charge on any atom is 0.237 e. The van der Waals surface area contributed by atoms with E-state index >= 15 is 0 Å². The van der Waals surface area contributed by atoms with Gasteiger partial charge in [-0.3, -0.25) is 9.69 Å². The van der Waals surface area contributed by atoms with E-state index < -0.39 is 0 Å². The Kier molecular flexibility index (Phi) is 8.02. The first-order valence-corrected chi connectivity index (χ1v) is 7.43. The van der Waals surface area contributed by atoms with Crippen LogP contribution in [0.4, 0.5) is 0 Å². The molecule has 1 aliphatic rings. The van der Waals surface area contributed by atoms with E-state index in [4.69, 9.17) is 4.74 Å². The molecule has 0 saturated carbocycles. The largest absolute Gasteiger partial charge is 0.383 e. The first-order valence-electron chi connectivity index (χ1n) is 7.43. The summed E-state index contributed by atoms with van der Waals surface area (Å²) >= 11 is 0. The van der Waals surface area contributed by atoms with Gasteiger partial charge in [0.05, 0.1) is 12.6 Å². The lowest BCUT2D eigenvalue weighted by Crippen LogP contribution is -2.51. The van der Waals surface area contributed by atoms with E-state index in [0.29, 0.717) is 19.2 Å². The maximum absolute atomic E-state index is 12.0. The molecule has 5 heteroatoms. The number of hydrogen-bond donors (Lipinski definition) is 2. The molecule has 2 atom stereocenters. The van der Waals surface area contributed by atoms with Gasteiger partial charge < -0.3 is 15.4 Å². The van der Waals surface area contributed by atoms with E-state index in [2.05, 4.69) is 22.5 Å². The van der Waals surface area contributed by atoms with Gasteiger partial charge >= 0.3 is 0 Å². The van der Waals surface area contributed by atoms with Gasteiger partial charge in [-0.05, 0) is 32.9 Å². The Morgan fingerprint density at radius 2 is 2.32 bits per heavy atom. The van der Waals surface area contributed by atoms with Gasteiger partial charge in [0, 0.05) is 26.2 Å². The van der Waals surface area contributed by atoms with Gasteiger partial charge in [-0.2, -0.15) is 0 Å². The van der Waals surface area contributed by atoms with Crippen LogP contribution in [0.25, 0.3) is 0 Å². The van der Waals surface area contributed by atoms with E-state index in [1.165, 1.54) is 19.3 Å². The van der Waals surface area contributed by atoms with Crippen molar-refractivity contribution in [3.05, 3.63) is 0 Å². The van der Waals surface area contributed by atoms with Crippen LogP contribution in [-0.4, -0.2) is 62.8 Å². The van der Waals surface area contributed by atoms with Crippen LogP contribution in [0, 0.1) is 0 Å². The molecule has 0 aliphatic carbocycles. The van der Waals surface area contributed by atoms with Crippen molar-refractivity contribution in [1.82, 2.24) is 15.5 Å². The van der Waals surface area contributed by atoms with E-state index in [1.807, 2.05) is 6.92 Å². The molecule has 2 N–H and O–H groups in total. The summed E-state index contributed by atoms with van der Waals surface area (Å²) in [5, 5.41) is 6.45. The Labute approximate surface area is 117 Å². The highest BCUT2D eigenvalue weighted by Crippen LogP contribution is 2.10. The highest BCUT2D eigenvalue weighted by Gasteiger charge is 2.23. The quantitative estimate of drug-likeness (QED) is 0.635. The van der Waals surface area contributed by atoms with Crippen LogP contribution >= 0.6 is 0 Å². The molecule has 0 aromatic rings. The van der Waals surface area contributed by atoms with Crippen LogP contribution in [0.1, 0.15) is 33.1 Å². The van der Waals surface area contributed by atoms with Crippen molar-refractivity contribution >= 4 is 5.91 Å². The van der Waals surface area contributed by atoms with Gasteiger partial charge in [0.1, 0.15) is 0 Å². The number of ether oxygens (including phenoxy) is 1. The number of carbonyl (C=O) groups is 1. The first kappa shape index (κ1) is 16.4. The van der Waals surface area contributed by atoms with Crippen molar-refractivity contribution in [2.45, 2.75) is 45.2 Å². The summed E-state index contributed by atoms with van der Waals surface area (Å²) in [6.45, 7) is 8.20. The number of amides is 1. The second-order valence-corrected chi connectivity index (χ2v) is 5.19. The molecule has 0 aromatic carbocycles. The van der Waals surface area contributed by atoms with Crippen molar-refractivity contribution < 1.29 is 9.53 Å². The van der Waals surface area contributed by atoms with Crippen molar-refractivity contribution in [2.75, 3.05) is 39.9 Å². The molecule has 5 nitrogen and oxygen atoms in total. The molecular formula is C14H29N3O2. The minimum atomic E-state index is -0.0782. The van der Waals surface area contributed by atoms with Crippen LogP contribution < -0.4 is 10.6 Å². The van der Waals surface area contributed by atoms with Crippen LogP contribution in [0.2, 0.25) is 0 Å². The van der Waals surface area contributed by atoms with E-state index in [9.17, 15) is 4.79 Å². The smallest absolute Gasteiger partial charge is 0.237 e. The molecule has 1 heterocycles. The Morgan fingerprint density at radius 1 is 1.53 bits per heavy atom. The summed E-state index contributed by atoms with van der Waals surface area (Å²) in [7, 11) is 1.64. The van der Waals surface area contributed by atoms with Gasteiger partial charge in [0.15, 0.2) is 0 Å². The molecule has 19 heavy (non-hydrogen) atoms. The van der Waals surface area contributed by atoms with E-state index in [-0.39, 0.29) is 11.9 Å². The number of methoxy groups -OCH3 is 1. The standard InChI is InChI=1S/C14H29N3O2/c1-4-17(11-13-7-5-6-8-15-13)12(2)14(18)16-9-10-19-3/h12-13,15H,4-11H2,1-3H3,(H,16,18). The van der Waals surface area contributed by atoms with Crippen LogP contribution in [0.5, 0.6) is 0 Å². The van der Waals surface area contributed by atoms with Crippen molar-refractivity contribution in [2.24, 2.45) is 0 Å². The van der Waals surface area contributed by atoms with Crippen molar-refractivity contribution in [1.29, 1.82) is 0 Å². The lowest BCUT2D eigenvalue weighted by atomic mass is 10.0. The molecule has 112 valence electrons. The monoisotopic (exact) mass is 271 g/mol. The number of carbonyl (C=O) groups excluding carboxylic acids is 1. The molecule has 0 radical (unpaired) electrons. The summed E-state index contributed by atoms with van der Waals surface area (Å²) in [6, 6.07) is 0.452. The summed E-state index contributed by atoms with van der Waals surface area (Å²) in [5.74, 6) is 0.0923. The molecular weight excluding hydrogens is 242 g/mol. The summed E-state index contributed by atoms with van der Waals surface area (Å²) in [4.78, 5) is 14.3. The number of nitrogens with zero attached hydrogens (tertiary/aromatic N) is 1. The molecule has 0 aromatic heterocycles. The number of likely N-dealkylation sites (N-methyl/N-ethyl adjacent to an activating group) is 1. The normalized spacial score (nSPS) is 21.4. The summed E-state index contributed by atoms with van der Waals surface area (Å²) in [6.07, 6.45) is 3.79. The molecule has 0 spiro atoms. The fourth-order valence-corrected chi connectivity index (χ4v) is 2.51. The fourth-order valence-electron chi connectivity index (χ4n) is 2.51. The zero-order valence-electron chi connectivity index (χ0n) is 12.6. The van der Waals surface area contributed by atoms with Gasteiger partial charge in [-0.1, -0.05) is 13.3 Å². The second kappa shape index (κ2) is 9.28. The van der Waals surface area contributed by atoms with Gasteiger partial charge in [0.2, 0.25) is 5.91 Å². The molecule has 0 bridgehead atoms. The van der Waals surface area contributed by atoms with Gasteiger partial charge in [-0.25, -0.2) is 0 Å². The van der Waals surface area contributed by atoms with Crippen molar-refractivity contribution in [3.63, 3.8) is 0 Å². The Hall–Kier alpha value is -0.650.